The van der Waals surface area contributed by atoms with Gasteiger partial charge in [0.2, 0.25) is 53.2 Å². The van der Waals surface area contributed by atoms with E-state index in [1.807, 2.05) is 13.8 Å². The van der Waals surface area contributed by atoms with Crippen LogP contribution in [0.5, 0.6) is 0 Å². The molecule has 16 N–H and O–H groups in total. The Morgan fingerprint density at radius 1 is 0.536 bits per heavy atom. The van der Waals surface area contributed by atoms with Crippen LogP contribution < -0.4 is 59.7 Å². The highest BCUT2D eigenvalue weighted by atomic mass is 32.2. The van der Waals surface area contributed by atoms with E-state index in [4.69, 9.17) is 17.2 Å². The fourth-order valence-electron chi connectivity index (χ4n) is 6.60. The van der Waals surface area contributed by atoms with Gasteiger partial charge in [0, 0.05) is 6.42 Å². The summed E-state index contributed by atoms with van der Waals surface area (Å²) >= 11 is 1.31. The van der Waals surface area contributed by atoms with Crippen LogP contribution in [0.2, 0.25) is 0 Å². The van der Waals surface area contributed by atoms with Crippen molar-refractivity contribution in [1.29, 1.82) is 0 Å². The summed E-state index contributed by atoms with van der Waals surface area (Å²) in [6.45, 7) is 13.5. The van der Waals surface area contributed by atoms with Crippen molar-refractivity contribution in [2.45, 2.75) is 174 Å². The molecule has 0 aliphatic carbocycles. The summed E-state index contributed by atoms with van der Waals surface area (Å²) in [4.78, 5) is 143. The Labute approximate surface area is 408 Å². The lowest BCUT2D eigenvalue weighted by Gasteiger charge is -2.28. The van der Waals surface area contributed by atoms with Crippen LogP contribution >= 0.6 is 11.8 Å². The number of primary amides is 1. The molecule has 0 aromatic rings. The summed E-state index contributed by atoms with van der Waals surface area (Å²) in [7, 11) is 0. The van der Waals surface area contributed by atoms with E-state index >= 15 is 0 Å². The van der Waals surface area contributed by atoms with Crippen molar-refractivity contribution < 1.29 is 63.0 Å². The molecule has 0 heterocycles. The van der Waals surface area contributed by atoms with E-state index in [-0.39, 0.29) is 43.9 Å². The Morgan fingerprint density at radius 2 is 0.957 bits per heavy atom. The minimum atomic E-state index is -1.75. The predicted molar refractivity (Wildman–Crippen MR) is 257 cm³/mol. The molecule has 0 unspecified atom stereocenters. The van der Waals surface area contributed by atoms with Gasteiger partial charge in [0.1, 0.15) is 48.3 Å². The molecule has 0 aliphatic rings. The van der Waals surface area contributed by atoms with E-state index in [1.165, 1.54) is 25.6 Å². The third-order valence-electron chi connectivity index (χ3n) is 10.8. The summed E-state index contributed by atoms with van der Waals surface area (Å²) in [6, 6.07) is -11.8. The number of hydrogen-bond donors (Lipinski definition) is 13. The maximum Gasteiger partial charge on any atom is 0.326 e. The van der Waals surface area contributed by atoms with E-state index < -0.39 is 132 Å². The number of hydrogen-bond acceptors (Lipinski definition) is 14. The normalized spacial score (nSPS) is 15.6. The smallest absolute Gasteiger partial charge is 0.326 e. The van der Waals surface area contributed by atoms with Crippen LogP contribution in [0.15, 0.2) is 0 Å². The van der Waals surface area contributed by atoms with Crippen molar-refractivity contribution in [2.75, 3.05) is 18.6 Å². The van der Waals surface area contributed by atoms with Crippen LogP contribution in [0.4, 0.5) is 0 Å². The fourth-order valence-corrected chi connectivity index (χ4v) is 7.07. The molecule has 25 heteroatoms. The van der Waals surface area contributed by atoms with Gasteiger partial charge in [0.05, 0.1) is 12.5 Å². The Hall–Kier alpha value is -5.56. The highest BCUT2D eigenvalue weighted by molar-refractivity contribution is 7.98. The molecule has 0 saturated carbocycles. The van der Waals surface area contributed by atoms with E-state index in [1.54, 1.807) is 34.0 Å². The summed E-state index contributed by atoms with van der Waals surface area (Å²) in [5.41, 5.74) is 16.8. The van der Waals surface area contributed by atoms with Crippen molar-refractivity contribution in [2.24, 2.45) is 35.0 Å². The average Bonchev–Trinajstić information content (AvgIpc) is 3.26. The number of rotatable bonds is 35. The van der Waals surface area contributed by atoms with Gasteiger partial charge in [-0.15, -0.1) is 0 Å². The van der Waals surface area contributed by atoms with Crippen LogP contribution in [0.3, 0.4) is 0 Å². The van der Waals surface area contributed by atoms with E-state index in [2.05, 4.69) is 42.5 Å². The molecular weight excluding hydrogens is 923 g/mol. The first kappa shape index (κ1) is 63.4. The summed E-state index contributed by atoms with van der Waals surface area (Å²) < 4.78 is 0. The zero-order valence-corrected chi connectivity index (χ0v) is 42.3. The molecule has 0 radical (unpaired) electrons. The second-order valence-corrected chi connectivity index (χ2v) is 19.0. The lowest BCUT2D eigenvalue weighted by atomic mass is 9.98. The SMILES string of the molecule is CC[C@H](C)[C@H](NC(=O)[C@H](CCC(N)=O)NC(=O)[C@H](C)NC(=O)[C@H](C)NC(=O)[C@H](CCSC)NC(=O)[C@H](CC(=O)O)NC(=O)[C@H](CC(C)C)NC(=O)[C@H](CC(C)C)NC(=O)[C@@H](N)CCCCN)C(=O)O. The number of aliphatic carboxylic acids is 2. The summed E-state index contributed by atoms with van der Waals surface area (Å²) in [5, 5.41) is 39.1. The number of unbranched alkanes of at least 4 members (excludes halogenated alkanes) is 1. The third-order valence-corrected chi connectivity index (χ3v) is 11.5. The van der Waals surface area contributed by atoms with Crippen LogP contribution in [-0.2, 0) is 52.7 Å². The molecule has 0 bridgehead atoms. The maximum atomic E-state index is 13.8. The molecule has 0 aromatic carbocycles. The van der Waals surface area contributed by atoms with E-state index in [9.17, 15) is 63.0 Å². The Bertz CT molecular complexity index is 1750. The largest absolute Gasteiger partial charge is 0.481 e. The number of nitrogens with two attached hydrogens (primary N) is 3. The van der Waals surface area contributed by atoms with Gasteiger partial charge >= 0.3 is 11.9 Å². The standard InChI is InChI=1S/C44H79N11O13S/c1-10-24(6)35(44(67)68)55-40(63)28(14-15-33(47)56)50-37(60)26(8)48-36(59)25(7)49-39(62)29(16-18-69-9)51-43(66)32(21-34(57)58)54-42(65)31(20-23(4)5)53-41(64)30(19-22(2)3)52-38(61)27(46)13-11-12-17-45/h22-32,35H,10-21,45-46H2,1-9H3,(H2,47,56)(H,48,59)(H,49,62)(H,50,60)(H,51,66)(H,52,61)(H,53,64)(H,54,65)(H,55,63)(H,57,58)(H,67,68)/t24-,25-,26-,27-,28-,29-,30-,31-,32-,35-/m0/s1. The lowest BCUT2D eigenvalue weighted by molar-refractivity contribution is -0.144. The highest BCUT2D eigenvalue weighted by Gasteiger charge is 2.35. The fraction of sp³-hybridized carbons (Fsp3) is 0.750. The number of carboxylic acids is 2. The van der Waals surface area contributed by atoms with E-state index in [0.717, 1.165) is 0 Å². The molecule has 0 aliphatic heterocycles. The number of carbonyl (C=O) groups is 11. The van der Waals surface area contributed by atoms with Crippen LogP contribution in [0.25, 0.3) is 0 Å². The van der Waals surface area contributed by atoms with Crippen molar-refractivity contribution in [3.8, 4) is 0 Å². The molecule has 0 saturated heterocycles. The highest BCUT2D eigenvalue weighted by Crippen LogP contribution is 2.13. The quantitative estimate of drug-likeness (QED) is 0.0308. The van der Waals surface area contributed by atoms with Crippen LogP contribution in [-0.4, -0.2) is 148 Å². The lowest BCUT2D eigenvalue weighted by Crippen LogP contribution is -2.60. The second kappa shape index (κ2) is 33.1. The first-order valence-electron chi connectivity index (χ1n) is 23.3. The second-order valence-electron chi connectivity index (χ2n) is 18.0. The van der Waals surface area contributed by atoms with Crippen molar-refractivity contribution >= 4 is 76.9 Å². The topological polar surface area (TPSA) is 403 Å². The number of amides is 9. The van der Waals surface area contributed by atoms with Gasteiger partial charge in [-0.3, -0.25) is 47.9 Å². The summed E-state index contributed by atoms with van der Waals surface area (Å²) in [6.07, 6.45) is 2.41. The molecule has 0 rings (SSSR count). The zero-order chi connectivity index (χ0) is 53.1. The van der Waals surface area contributed by atoms with Crippen molar-refractivity contribution in [1.82, 2.24) is 42.5 Å². The van der Waals surface area contributed by atoms with Crippen LogP contribution in [0, 0.1) is 17.8 Å². The van der Waals surface area contributed by atoms with Gasteiger partial charge < -0.3 is 69.9 Å². The first-order chi connectivity index (χ1) is 32.2. The Balaban J connectivity index is 6.15. The molecule has 0 aromatic heterocycles. The predicted octanol–water partition coefficient (Wildman–Crippen LogP) is -1.92. The first-order valence-corrected chi connectivity index (χ1v) is 24.7. The number of nitrogens with one attached hydrogen (secondary N) is 8. The minimum Gasteiger partial charge on any atom is -0.481 e. The monoisotopic (exact) mass is 1000 g/mol. The van der Waals surface area contributed by atoms with Gasteiger partial charge in [-0.05, 0) is 88.7 Å². The van der Waals surface area contributed by atoms with E-state index in [0.29, 0.717) is 38.0 Å². The van der Waals surface area contributed by atoms with Crippen molar-refractivity contribution in [3.05, 3.63) is 0 Å². The van der Waals surface area contributed by atoms with Gasteiger partial charge in [-0.1, -0.05) is 54.4 Å². The summed E-state index contributed by atoms with van der Waals surface area (Å²) in [5.74, 6) is -10.8. The molecule has 10 atom stereocenters. The zero-order valence-electron chi connectivity index (χ0n) is 41.4. The Kier molecular flexibility index (Phi) is 30.4. The third kappa shape index (κ3) is 25.6. The molecule has 394 valence electrons. The number of thioether (sulfide) groups is 1. The van der Waals surface area contributed by atoms with Crippen molar-refractivity contribution in [3.63, 3.8) is 0 Å². The van der Waals surface area contributed by atoms with Crippen LogP contribution in [0.1, 0.15) is 120 Å². The minimum absolute atomic E-state index is 0.0141. The molecule has 24 nitrogen and oxygen atoms in total. The van der Waals surface area contributed by atoms with Gasteiger partial charge in [-0.25, -0.2) is 4.79 Å². The average molecular weight is 1000 g/mol. The number of carbonyl (C=O) groups excluding carboxylic acids is 9. The maximum absolute atomic E-state index is 13.8. The molecule has 69 heavy (non-hydrogen) atoms. The Morgan fingerprint density at radius 3 is 1.42 bits per heavy atom. The molecule has 0 fully saturated rings. The van der Waals surface area contributed by atoms with Gasteiger partial charge in [0.15, 0.2) is 0 Å². The van der Waals surface area contributed by atoms with Gasteiger partial charge in [-0.2, -0.15) is 11.8 Å². The molecular formula is C44H79N11O13S. The molecule has 0 spiro atoms. The van der Waals surface area contributed by atoms with Gasteiger partial charge in [0.25, 0.3) is 0 Å². The number of carboxylic acid groups (broad SMARTS) is 2. The molecule has 9 amide bonds.